The number of ether oxygens (including phenoxy) is 2. The van der Waals surface area contributed by atoms with Gasteiger partial charge in [-0.25, -0.2) is 8.42 Å². The van der Waals surface area contributed by atoms with Gasteiger partial charge in [0, 0.05) is 5.69 Å². The summed E-state index contributed by atoms with van der Waals surface area (Å²) in [5.74, 6) is -0.835. The van der Waals surface area contributed by atoms with Gasteiger partial charge < -0.3 is 14.8 Å². The normalized spacial score (nSPS) is 12.3. The number of methoxy groups -OCH3 is 1. The number of rotatable bonds is 8. The maximum atomic E-state index is 12.6. The number of carbonyl (C=O) groups is 2. The zero-order chi connectivity index (χ0) is 21.7. The third-order valence-corrected chi connectivity index (χ3v) is 6.06. The van der Waals surface area contributed by atoms with Gasteiger partial charge in [-0.1, -0.05) is 6.07 Å². The fourth-order valence-corrected chi connectivity index (χ4v) is 4.43. The Hall–Kier alpha value is -3.09. The lowest BCUT2D eigenvalue weighted by atomic mass is 10.3. The summed E-state index contributed by atoms with van der Waals surface area (Å²) in [6.07, 6.45) is 0. The van der Waals surface area contributed by atoms with E-state index in [0.717, 1.165) is 11.7 Å². The first-order valence-electron chi connectivity index (χ1n) is 8.64. The number of carbonyl (C=O) groups excluding carboxylic acids is 2. The minimum Gasteiger partial charge on any atom is -0.497 e. The SMILES string of the molecule is COc1ccc(NC(=O)COC(=O)[C@H](C)NS(=O)(=O)c2cccc3nsnc23)cc1. The van der Waals surface area contributed by atoms with Crippen LogP contribution in [0.2, 0.25) is 0 Å². The zero-order valence-corrected chi connectivity index (χ0v) is 17.6. The highest BCUT2D eigenvalue weighted by molar-refractivity contribution is 7.89. The van der Waals surface area contributed by atoms with Crippen LogP contribution in [0.15, 0.2) is 47.4 Å². The number of nitrogens with one attached hydrogen (secondary N) is 2. The van der Waals surface area contributed by atoms with Crippen LogP contribution >= 0.6 is 11.7 Å². The lowest BCUT2D eigenvalue weighted by Gasteiger charge is -2.14. The molecule has 12 heteroatoms. The summed E-state index contributed by atoms with van der Waals surface area (Å²) >= 11 is 0.887. The van der Waals surface area contributed by atoms with Crippen molar-refractivity contribution in [3.63, 3.8) is 0 Å². The molecule has 0 aliphatic heterocycles. The molecule has 2 N–H and O–H groups in total. The minimum absolute atomic E-state index is 0.0920. The van der Waals surface area contributed by atoms with Crippen LogP contribution < -0.4 is 14.8 Å². The monoisotopic (exact) mass is 450 g/mol. The average molecular weight is 450 g/mol. The molecule has 3 aromatic rings. The van der Waals surface area contributed by atoms with Crippen molar-refractivity contribution in [2.45, 2.75) is 17.9 Å². The molecule has 1 aromatic heterocycles. The average Bonchev–Trinajstić information content (AvgIpc) is 3.21. The second-order valence-corrected chi connectivity index (χ2v) is 8.33. The van der Waals surface area contributed by atoms with E-state index in [2.05, 4.69) is 18.8 Å². The topological polar surface area (TPSA) is 137 Å². The molecule has 1 heterocycles. The number of hydrogen-bond acceptors (Lipinski definition) is 9. The third-order valence-electron chi connectivity index (χ3n) is 3.94. The van der Waals surface area contributed by atoms with Gasteiger partial charge in [0.1, 0.15) is 27.7 Å². The Labute approximate surface area is 176 Å². The molecule has 2 aromatic carbocycles. The molecule has 0 radical (unpaired) electrons. The third kappa shape index (κ3) is 5.09. The Morgan fingerprint density at radius 1 is 1.13 bits per heavy atom. The lowest BCUT2D eigenvalue weighted by molar-refractivity contribution is -0.148. The molecule has 0 fully saturated rings. The summed E-state index contributed by atoms with van der Waals surface area (Å²) in [6.45, 7) is 0.753. The van der Waals surface area contributed by atoms with E-state index in [-0.39, 0.29) is 10.4 Å². The molecule has 0 saturated carbocycles. The molecule has 1 amide bonds. The van der Waals surface area contributed by atoms with Gasteiger partial charge in [0.2, 0.25) is 10.0 Å². The van der Waals surface area contributed by atoms with E-state index in [1.165, 1.54) is 26.2 Å². The number of amides is 1. The first-order chi connectivity index (χ1) is 14.3. The van der Waals surface area contributed by atoms with Gasteiger partial charge in [-0.05, 0) is 43.3 Å². The Morgan fingerprint density at radius 2 is 1.87 bits per heavy atom. The zero-order valence-electron chi connectivity index (χ0n) is 16.0. The van der Waals surface area contributed by atoms with E-state index in [1.807, 2.05) is 0 Å². The van der Waals surface area contributed by atoms with E-state index in [1.54, 1.807) is 30.3 Å². The number of aromatic nitrogens is 2. The van der Waals surface area contributed by atoms with Gasteiger partial charge in [-0.15, -0.1) is 0 Å². The number of sulfonamides is 1. The molecule has 158 valence electrons. The largest absolute Gasteiger partial charge is 0.497 e. The molecule has 0 aliphatic carbocycles. The van der Waals surface area contributed by atoms with Gasteiger partial charge in [0.05, 0.1) is 18.8 Å². The molecule has 30 heavy (non-hydrogen) atoms. The summed E-state index contributed by atoms with van der Waals surface area (Å²) in [5.41, 5.74) is 1.15. The number of benzene rings is 2. The van der Waals surface area contributed by atoms with Gasteiger partial charge in [0.25, 0.3) is 5.91 Å². The standard InChI is InChI=1S/C18H18N4O6S2/c1-11(22-30(25,26)15-5-3-4-14-17(15)21-29-20-14)18(24)28-10-16(23)19-12-6-8-13(27-2)9-7-12/h3-9,11,22H,10H2,1-2H3,(H,19,23)/t11-/m0/s1. The van der Waals surface area contributed by atoms with Crippen molar-refractivity contribution in [2.75, 3.05) is 19.0 Å². The van der Waals surface area contributed by atoms with Crippen molar-refractivity contribution < 1.29 is 27.5 Å². The van der Waals surface area contributed by atoms with Crippen LogP contribution in [0.5, 0.6) is 5.75 Å². The van der Waals surface area contributed by atoms with Crippen LogP contribution in [0.4, 0.5) is 5.69 Å². The van der Waals surface area contributed by atoms with Crippen molar-refractivity contribution in [1.82, 2.24) is 13.5 Å². The molecular formula is C18H18N4O6S2. The maximum Gasteiger partial charge on any atom is 0.324 e. The Bertz CT molecular complexity index is 1160. The quantitative estimate of drug-likeness (QED) is 0.493. The molecule has 3 rings (SSSR count). The van der Waals surface area contributed by atoms with Crippen LogP contribution in [0.3, 0.4) is 0 Å². The second-order valence-electron chi connectivity index (χ2n) is 6.12. The molecule has 1 atom stereocenters. The number of anilines is 1. The molecule has 0 saturated heterocycles. The molecule has 0 spiro atoms. The summed E-state index contributed by atoms with van der Waals surface area (Å²) in [5, 5.41) is 2.55. The summed E-state index contributed by atoms with van der Waals surface area (Å²) in [4.78, 5) is 24.0. The van der Waals surface area contributed by atoms with Crippen LogP contribution in [-0.4, -0.2) is 48.8 Å². The van der Waals surface area contributed by atoms with E-state index in [4.69, 9.17) is 9.47 Å². The highest BCUT2D eigenvalue weighted by Gasteiger charge is 2.26. The summed E-state index contributed by atoms with van der Waals surface area (Å²) in [7, 11) is -2.53. The van der Waals surface area contributed by atoms with Gasteiger partial charge >= 0.3 is 5.97 Å². The highest BCUT2D eigenvalue weighted by Crippen LogP contribution is 2.21. The van der Waals surface area contributed by atoms with E-state index >= 15 is 0 Å². The molecule has 0 bridgehead atoms. The predicted octanol–water partition coefficient (Wildman–Crippen LogP) is 1.55. The number of nitrogens with zero attached hydrogens (tertiary/aromatic N) is 2. The van der Waals surface area contributed by atoms with Crippen LogP contribution in [0, 0.1) is 0 Å². The van der Waals surface area contributed by atoms with Crippen LogP contribution in [0.1, 0.15) is 6.92 Å². The first kappa shape index (κ1) is 21.6. The molecular weight excluding hydrogens is 432 g/mol. The summed E-state index contributed by atoms with van der Waals surface area (Å²) < 4.78 is 45.4. The number of hydrogen-bond donors (Lipinski definition) is 2. The lowest BCUT2D eigenvalue weighted by Crippen LogP contribution is -2.40. The van der Waals surface area contributed by atoms with Crippen molar-refractivity contribution in [3.05, 3.63) is 42.5 Å². The minimum atomic E-state index is -4.05. The van der Waals surface area contributed by atoms with E-state index in [0.29, 0.717) is 17.0 Å². The van der Waals surface area contributed by atoms with Crippen LogP contribution in [0.25, 0.3) is 11.0 Å². The van der Waals surface area contributed by atoms with Crippen molar-refractivity contribution >= 4 is 50.3 Å². The van der Waals surface area contributed by atoms with E-state index in [9.17, 15) is 18.0 Å². The maximum absolute atomic E-state index is 12.6. The molecule has 0 aliphatic rings. The smallest absolute Gasteiger partial charge is 0.324 e. The Balaban J connectivity index is 1.56. The predicted molar refractivity (Wildman–Crippen MR) is 110 cm³/mol. The van der Waals surface area contributed by atoms with Crippen molar-refractivity contribution in [3.8, 4) is 5.75 Å². The fourth-order valence-electron chi connectivity index (χ4n) is 2.48. The highest BCUT2D eigenvalue weighted by atomic mass is 32.2. The Kier molecular flexibility index (Phi) is 6.59. The van der Waals surface area contributed by atoms with Crippen molar-refractivity contribution in [1.29, 1.82) is 0 Å². The second kappa shape index (κ2) is 9.15. The number of fused-ring (bicyclic) bond motifs is 1. The first-order valence-corrected chi connectivity index (χ1v) is 10.9. The van der Waals surface area contributed by atoms with Gasteiger partial charge in [0.15, 0.2) is 6.61 Å². The number of esters is 1. The van der Waals surface area contributed by atoms with Crippen LogP contribution in [-0.2, 0) is 24.3 Å². The fraction of sp³-hybridized carbons (Fsp3) is 0.222. The van der Waals surface area contributed by atoms with Crippen molar-refractivity contribution in [2.24, 2.45) is 0 Å². The van der Waals surface area contributed by atoms with E-state index < -0.39 is 34.5 Å². The molecule has 10 nitrogen and oxygen atoms in total. The molecule has 0 unspecified atom stereocenters. The Morgan fingerprint density at radius 3 is 2.57 bits per heavy atom. The summed E-state index contributed by atoms with van der Waals surface area (Å²) in [6, 6.07) is 9.90. The van der Waals surface area contributed by atoms with Gasteiger partial charge in [-0.2, -0.15) is 13.5 Å². The van der Waals surface area contributed by atoms with Gasteiger partial charge in [-0.3, -0.25) is 9.59 Å².